The summed E-state index contributed by atoms with van der Waals surface area (Å²) in [6.07, 6.45) is 4.57. The molecule has 10 nitrogen and oxygen atoms in total. The molecule has 11 heteroatoms. The van der Waals surface area contributed by atoms with E-state index in [0.717, 1.165) is 28.8 Å². The lowest BCUT2D eigenvalue weighted by atomic mass is 9.80. The zero-order chi connectivity index (χ0) is 28.8. The molecular formula is C30H37ClN6O4. The normalized spacial score (nSPS) is 23.9. The Kier molecular flexibility index (Phi) is 7.32. The van der Waals surface area contributed by atoms with Crippen molar-refractivity contribution in [1.82, 2.24) is 24.8 Å². The molecular weight excluding hydrogens is 544 g/mol. The molecule has 3 saturated heterocycles. The Balaban J connectivity index is 1.28. The maximum Gasteiger partial charge on any atom is 0.410 e. The fraction of sp³-hybridized carbons (Fsp3) is 0.533. The number of amides is 2. The third kappa shape index (κ3) is 5.59. The second-order valence-corrected chi connectivity index (χ2v) is 12.9. The number of nitrogens with one attached hydrogen (secondary N) is 1. The molecule has 0 aliphatic carbocycles. The number of carbonyl (C=O) groups excluding carboxylic acids is 2. The van der Waals surface area contributed by atoms with Gasteiger partial charge in [-0.05, 0) is 57.4 Å². The minimum Gasteiger partial charge on any atom is -0.444 e. The van der Waals surface area contributed by atoms with Crippen molar-refractivity contribution in [2.75, 3.05) is 50.8 Å². The predicted octanol–water partition coefficient (Wildman–Crippen LogP) is 4.46. The number of anilines is 1. The van der Waals surface area contributed by atoms with Crippen LogP contribution in [-0.2, 0) is 14.3 Å². The fourth-order valence-electron chi connectivity index (χ4n) is 6.50. The minimum absolute atomic E-state index is 0.0102. The molecule has 5 heterocycles. The first-order valence-corrected chi connectivity index (χ1v) is 14.6. The molecule has 3 aliphatic rings. The van der Waals surface area contributed by atoms with E-state index >= 15 is 0 Å². The van der Waals surface area contributed by atoms with E-state index in [2.05, 4.69) is 19.9 Å². The second-order valence-electron chi connectivity index (χ2n) is 12.5. The highest BCUT2D eigenvalue weighted by atomic mass is 35.5. The number of likely N-dealkylation sites (tertiary alicyclic amines) is 1. The van der Waals surface area contributed by atoms with Gasteiger partial charge in [-0.25, -0.2) is 14.8 Å². The summed E-state index contributed by atoms with van der Waals surface area (Å²) in [5.74, 6) is 0.324. The van der Waals surface area contributed by atoms with E-state index in [9.17, 15) is 9.59 Å². The van der Waals surface area contributed by atoms with Gasteiger partial charge in [-0.2, -0.15) is 0 Å². The molecule has 0 bridgehead atoms. The first-order valence-electron chi connectivity index (χ1n) is 14.3. The highest BCUT2D eigenvalue weighted by Crippen LogP contribution is 2.47. The molecule has 0 saturated carbocycles. The average Bonchev–Trinajstić information content (AvgIpc) is 3.69. The Morgan fingerprint density at radius 2 is 1.88 bits per heavy atom. The number of ether oxygens (including phenoxy) is 2. The third-order valence-corrected chi connectivity index (χ3v) is 8.72. The first kappa shape index (κ1) is 27.8. The topological polar surface area (TPSA) is 104 Å². The third-order valence-electron chi connectivity index (χ3n) is 8.46. The minimum atomic E-state index is -0.647. The van der Waals surface area contributed by atoms with Gasteiger partial charge in [0.2, 0.25) is 5.91 Å². The molecule has 3 atom stereocenters. The van der Waals surface area contributed by atoms with E-state index in [1.807, 2.05) is 62.2 Å². The summed E-state index contributed by atoms with van der Waals surface area (Å²) in [5, 5.41) is 1.57. The number of rotatable bonds is 4. The van der Waals surface area contributed by atoms with Crippen molar-refractivity contribution in [2.24, 2.45) is 5.41 Å². The molecule has 41 heavy (non-hydrogen) atoms. The van der Waals surface area contributed by atoms with Gasteiger partial charge in [0, 0.05) is 56.0 Å². The molecule has 1 unspecified atom stereocenters. The van der Waals surface area contributed by atoms with E-state index in [1.54, 1.807) is 11.2 Å². The largest absolute Gasteiger partial charge is 0.444 e. The molecule has 2 amide bonds. The van der Waals surface area contributed by atoms with Gasteiger partial charge in [-0.1, -0.05) is 23.7 Å². The second kappa shape index (κ2) is 10.8. The van der Waals surface area contributed by atoms with Crippen LogP contribution in [0.5, 0.6) is 0 Å². The van der Waals surface area contributed by atoms with E-state index in [-0.39, 0.29) is 23.5 Å². The van der Waals surface area contributed by atoms with E-state index in [0.29, 0.717) is 57.4 Å². The zero-order valence-corrected chi connectivity index (χ0v) is 24.6. The summed E-state index contributed by atoms with van der Waals surface area (Å²) in [5.41, 5.74) is 0.817. The lowest BCUT2D eigenvalue weighted by Gasteiger charge is -2.39. The number of nitrogens with zero attached hydrogens (tertiary/aromatic N) is 5. The van der Waals surface area contributed by atoms with Gasteiger partial charge in [0.25, 0.3) is 0 Å². The van der Waals surface area contributed by atoms with Crippen molar-refractivity contribution >= 4 is 40.5 Å². The molecule has 3 aromatic rings. The predicted molar refractivity (Wildman–Crippen MR) is 156 cm³/mol. The molecule has 1 spiro atoms. The van der Waals surface area contributed by atoms with E-state index in [1.165, 1.54) is 0 Å². The fourth-order valence-corrected chi connectivity index (χ4v) is 6.62. The van der Waals surface area contributed by atoms with Gasteiger partial charge >= 0.3 is 6.09 Å². The number of halogens is 1. The number of carbonyl (C=O) groups is 2. The number of aromatic nitrogens is 3. The molecule has 2 aromatic heterocycles. The van der Waals surface area contributed by atoms with Crippen molar-refractivity contribution in [3.8, 4) is 0 Å². The lowest BCUT2D eigenvalue weighted by molar-refractivity contribution is -0.134. The summed E-state index contributed by atoms with van der Waals surface area (Å²) in [6, 6.07) is 9.07. The van der Waals surface area contributed by atoms with Crippen molar-refractivity contribution in [2.45, 2.75) is 51.2 Å². The Bertz CT molecular complexity index is 1410. The number of H-pyrrole nitrogens is 1. The van der Waals surface area contributed by atoms with E-state index in [4.69, 9.17) is 21.1 Å². The maximum absolute atomic E-state index is 14.5. The van der Waals surface area contributed by atoms with Crippen molar-refractivity contribution < 1.29 is 19.1 Å². The van der Waals surface area contributed by atoms with Crippen LogP contribution in [0.25, 0.3) is 11.0 Å². The maximum atomic E-state index is 14.5. The summed E-state index contributed by atoms with van der Waals surface area (Å²) in [7, 11) is 0. The SMILES string of the molecule is CC(C)(C)OC(=O)N1CC2(CCOC2)C[C@H]1[C@@H](C(=O)N1CCN(c2ncnc3[nH]ccc23)CC1)c1ccc(Cl)cc1. The highest BCUT2D eigenvalue weighted by Gasteiger charge is 2.53. The van der Waals surface area contributed by atoms with Crippen LogP contribution in [0.4, 0.5) is 10.6 Å². The Morgan fingerprint density at radius 1 is 1.12 bits per heavy atom. The summed E-state index contributed by atoms with van der Waals surface area (Å²) in [4.78, 5) is 45.9. The van der Waals surface area contributed by atoms with Crippen LogP contribution in [0.2, 0.25) is 5.02 Å². The molecule has 0 radical (unpaired) electrons. The van der Waals surface area contributed by atoms with Crippen molar-refractivity contribution in [3.63, 3.8) is 0 Å². The number of hydrogen-bond donors (Lipinski definition) is 1. The molecule has 1 aromatic carbocycles. The van der Waals surface area contributed by atoms with Crippen LogP contribution >= 0.6 is 11.6 Å². The smallest absolute Gasteiger partial charge is 0.410 e. The Labute approximate surface area is 245 Å². The molecule has 1 N–H and O–H groups in total. The summed E-state index contributed by atoms with van der Waals surface area (Å²) in [6.45, 7) is 9.74. The Hall–Kier alpha value is -3.37. The number of benzene rings is 1. The van der Waals surface area contributed by atoms with Crippen molar-refractivity contribution in [1.29, 1.82) is 0 Å². The highest BCUT2D eigenvalue weighted by molar-refractivity contribution is 6.30. The van der Waals surface area contributed by atoms with Crippen molar-refractivity contribution in [3.05, 3.63) is 53.4 Å². The van der Waals surface area contributed by atoms with E-state index < -0.39 is 11.5 Å². The molecule has 6 rings (SSSR count). The van der Waals surface area contributed by atoms with Gasteiger partial charge in [0.1, 0.15) is 23.4 Å². The van der Waals surface area contributed by atoms with Crippen LogP contribution in [-0.4, -0.2) is 94.3 Å². The monoisotopic (exact) mass is 580 g/mol. The molecule has 218 valence electrons. The Morgan fingerprint density at radius 3 is 2.56 bits per heavy atom. The van der Waals surface area contributed by atoms with Gasteiger partial charge in [0.05, 0.1) is 24.0 Å². The van der Waals surface area contributed by atoms with Crippen LogP contribution < -0.4 is 4.90 Å². The van der Waals surface area contributed by atoms with Crippen LogP contribution in [0.15, 0.2) is 42.9 Å². The van der Waals surface area contributed by atoms with Crippen LogP contribution in [0.3, 0.4) is 0 Å². The lowest BCUT2D eigenvalue weighted by Crippen LogP contribution is -2.53. The summed E-state index contributed by atoms with van der Waals surface area (Å²) < 4.78 is 11.7. The number of piperazine rings is 1. The van der Waals surface area contributed by atoms with Crippen LogP contribution in [0.1, 0.15) is 45.1 Å². The van der Waals surface area contributed by atoms with Gasteiger partial charge in [-0.3, -0.25) is 4.79 Å². The summed E-state index contributed by atoms with van der Waals surface area (Å²) >= 11 is 6.25. The average molecular weight is 581 g/mol. The number of fused-ring (bicyclic) bond motifs is 1. The van der Waals surface area contributed by atoms with Gasteiger partial charge < -0.3 is 29.2 Å². The molecule has 3 aliphatic heterocycles. The van der Waals surface area contributed by atoms with Crippen LogP contribution in [0, 0.1) is 5.41 Å². The standard InChI is InChI=1S/C30H37ClN6O4/c1-29(2,3)41-28(39)37-17-30(9-15-40-18-30)16-23(37)24(20-4-6-21(31)7-5-20)27(38)36-13-11-35(12-14-36)26-22-8-10-32-25(22)33-19-34-26/h4-8,10,19,23-24H,9,11-18H2,1-3H3,(H,32,33,34)/t23-,24-,30?/m0/s1. The number of hydrogen-bond acceptors (Lipinski definition) is 7. The molecule has 3 fully saturated rings. The number of aromatic amines is 1. The zero-order valence-electron chi connectivity index (χ0n) is 23.8. The van der Waals surface area contributed by atoms with Gasteiger partial charge in [0.15, 0.2) is 0 Å². The first-order chi connectivity index (χ1) is 19.6. The quantitative estimate of drug-likeness (QED) is 0.486. The van der Waals surface area contributed by atoms with Gasteiger partial charge in [-0.15, -0.1) is 0 Å².